The van der Waals surface area contributed by atoms with Gasteiger partial charge in [0.05, 0.1) is 26.2 Å². The quantitative estimate of drug-likeness (QED) is 0.553. The van der Waals surface area contributed by atoms with Crippen LogP contribution in [-0.4, -0.2) is 79.7 Å². The molecule has 3 heterocycles. The molecule has 0 aliphatic carbocycles. The Morgan fingerprint density at radius 1 is 1.08 bits per heavy atom. The van der Waals surface area contributed by atoms with Crippen molar-refractivity contribution in [1.29, 1.82) is 0 Å². The Labute approximate surface area is 210 Å². The fourth-order valence-electron chi connectivity index (χ4n) is 4.16. The van der Waals surface area contributed by atoms with Crippen LogP contribution in [-0.2, 0) is 16.0 Å². The van der Waals surface area contributed by atoms with E-state index in [1.54, 1.807) is 6.07 Å². The van der Waals surface area contributed by atoms with E-state index in [9.17, 15) is 22.8 Å². The Bertz CT molecular complexity index is 1110. The number of morpholine rings is 1. The van der Waals surface area contributed by atoms with Crippen molar-refractivity contribution >= 4 is 17.6 Å². The van der Waals surface area contributed by atoms with Gasteiger partial charge in [-0.05, 0) is 29.8 Å². The third-order valence-corrected chi connectivity index (χ3v) is 6.06. The van der Waals surface area contributed by atoms with E-state index in [1.165, 1.54) is 23.1 Å². The molecule has 2 fully saturated rings. The lowest BCUT2D eigenvalue weighted by atomic mass is 10.0. The number of ether oxygens (including phenoxy) is 3. The third kappa shape index (κ3) is 7.00. The van der Waals surface area contributed by atoms with Crippen molar-refractivity contribution in [2.75, 3.05) is 44.3 Å². The SMILES string of the molecule is NC(=O)c1ccc(N2CCOCC2)nc1O[C@@H]1CCN(C(=O)Cc2ccc(OC(F)(F)F)cc2)C[C@@H]1F. The van der Waals surface area contributed by atoms with E-state index >= 15 is 4.39 Å². The minimum atomic E-state index is -4.81. The zero-order valence-electron chi connectivity index (χ0n) is 19.7. The fourth-order valence-corrected chi connectivity index (χ4v) is 4.16. The number of carbonyl (C=O) groups excluding carboxylic acids is 2. The van der Waals surface area contributed by atoms with Gasteiger partial charge in [0.15, 0.2) is 6.17 Å². The molecule has 2 N–H and O–H groups in total. The van der Waals surface area contributed by atoms with Gasteiger partial charge >= 0.3 is 6.36 Å². The molecule has 0 spiro atoms. The smallest absolute Gasteiger partial charge is 0.470 e. The highest BCUT2D eigenvalue weighted by Crippen LogP contribution is 2.27. The molecule has 2 aliphatic rings. The van der Waals surface area contributed by atoms with Crippen LogP contribution < -0.4 is 20.1 Å². The summed E-state index contributed by atoms with van der Waals surface area (Å²) in [4.78, 5) is 32.3. The van der Waals surface area contributed by atoms with Gasteiger partial charge in [-0.2, -0.15) is 4.98 Å². The summed E-state index contributed by atoms with van der Waals surface area (Å²) in [5, 5.41) is 0. The molecule has 9 nitrogen and oxygen atoms in total. The maximum absolute atomic E-state index is 15.1. The van der Waals surface area contributed by atoms with Crippen molar-refractivity contribution in [2.45, 2.75) is 31.5 Å². The first-order valence-corrected chi connectivity index (χ1v) is 11.7. The van der Waals surface area contributed by atoms with Gasteiger partial charge in [-0.3, -0.25) is 9.59 Å². The van der Waals surface area contributed by atoms with Crippen molar-refractivity contribution in [3.63, 3.8) is 0 Å². The summed E-state index contributed by atoms with van der Waals surface area (Å²) in [7, 11) is 0. The van der Waals surface area contributed by atoms with Gasteiger partial charge in [-0.25, -0.2) is 4.39 Å². The van der Waals surface area contributed by atoms with Crippen molar-refractivity contribution in [3.8, 4) is 11.6 Å². The number of nitrogens with two attached hydrogens (primary N) is 1. The number of piperidine rings is 1. The standard InChI is InChI=1S/C24H26F4N4O5/c25-18-14-32(21(33)13-15-1-3-16(4-2-15)37-24(26,27)28)8-7-19(18)36-23-17(22(29)34)5-6-20(30-23)31-9-11-35-12-10-31/h1-6,18-19H,7-14H2,(H2,29,34)/t18-,19+/m0/s1. The fraction of sp³-hybridized carbons (Fsp3) is 0.458. The normalized spacial score (nSPS) is 20.4. The van der Waals surface area contributed by atoms with E-state index in [4.69, 9.17) is 15.2 Å². The highest BCUT2D eigenvalue weighted by Gasteiger charge is 2.34. The number of alkyl halides is 4. The summed E-state index contributed by atoms with van der Waals surface area (Å²) >= 11 is 0. The van der Waals surface area contributed by atoms with Crippen LogP contribution >= 0.6 is 0 Å². The zero-order chi connectivity index (χ0) is 26.6. The molecule has 2 aliphatic heterocycles. The number of pyridine rings is 1. The van der Waals surface area contributed by atoms with Crippen molar-refractivity contribution in [1.82, 2.24) is 9.88 Å². The van der Waals surface area contributed by atoms with E-state index < -0.39 is 30.3 Å². The lowest BCUT2D eigenvalue weighted by Gasteiger charge is -2.35. The first-order valence-electron chi connectivity index (χ1n) is 11.7. The van der Waals surface area contributed by atoms with Crippen molar-refractivity contribution in [3.05, 3.63) is 47.5 Å². The molecule has 200 valence electrons. The van der Waals surface area contributed by atoms with Crippen LogP contribution in [0.5, 0.6) is 11.6 Å². The molecule has 2 atom stereocenters. The van der Waals surface area contributed by atoms with Crippen LogP contribution in [0.4, 0.5) is 23.4 Å². The molecule has 2 amide bonds. The minimum absolute atomic E-state index is 0.0284. The maximum atomic E-state index is 15.1. The number of carbonyl (C=O) groups is 2. The highest BCUT2D eigenvalue weighted by molar-refractivity contribution is 5.95. The molecule has 13 heteroatoms. The monoisotopic (exact) mass is 526 g/mol. The molecule has 37 heavy (non-hydrogen) atoms. The predicted molar refractivity (Wildman–Crippen MR) is 123 cm³/mol. The summed E-state index contributed by atoms with van der Waals surface area (Å²) in [6.07, 6.45) is -7.28. The summed E-state index contributed by atoms with van der Waals surface area (Å²) in [5.74, 6) is -1.04. The van der Waals surface area contributed by atoms with Gasteiger partial charge < -0.3 is 29.7 Å². The summed E-state index contributed by atoms with van der Waals surface area (Å²) in [6, 6.07) is 8.06. The number of amides is 2. The minimum Gasteiger partial charge on any atom is -0.470 e. The second kappa shape index (κ2) is 11.2. The molecular formula is C24H26F4N4O5. The van der Waals surface area contributed by atoms with Crippen molar-refractivity contribution in [2.24, 2.45) is 5.73 Å². The third-order valence-electron chi connectivity index (χ3n) is 6.06. The van der Waals surface area contributed by atoms with Gasteiger partial charge in [-0.15, -0.1) is 13.2 Å². The molecule has 2 saturated heterocycles. The number of primary amides is 1. The topological polar surface area (TPSA) is 107 Å². The Hall–Kier alpha value is -3.61. The van der Waals surface area contributed by atoms with Gasteiger partial charge in [0.2, 0.25) is 11.8 Å². The average Bonchev–Trinajstić information content (AvgIpc) is 2.86. The Balaban J connectivity index is 1.36. The molecule has 0 radical (unpaired) electrons. The molecule has 4 rings (SSSR count). The summed E-state index contributed by atoms with van der Waals surface area (Å²) in [6.45, 7) is 2.21. The molecule has 2 aromatic rings. The number of benzene rings is 1. The van der Waals surface area contributed by atoms with Gasteiger partial charge in [-0.1, -0.05) is 12.1 Å². The first-order chi connectivity index (χ1) is 17.6. The van der Waals surface area contributed by atoms with E-state index in [0.29, 0.717) is 37.7 Å². The Kier molecular flexibility index (Phi) is 8.00. The van der Waals surface area contributed by atoms with Crippen LogP contribution in [0, 0.1) is 0 Å². The number of likely N-dealkylation sites (tertiary alicyclic amines) is 1. The second-order valence-electron chi connectivity index (χ2n) is 8.66. The molecular weight excluding hydrogens is 500 g/mol. The number of hydrogen-bond donors (Lipinski definition) is 1. The Morgan fingerprint density at radius 2 is 1.78 bits per heavy atom. The van der Waals surface area contributed by atoms with Gasteiger partial charge in [0, 0.05) is 26.1 Å². The molecule has 0 unspecified atom stereocenters. The summed E-state index contributed by atoms with van der Waals surface area (Å²) < 4.78 is 66.9. The van der Waals surface area contributed by atoms with Crippen LogP contribution in [0.1, 0.15) is 22.3 Å². The maximum Gasteiger partial charge on any atom is 0.573 e. The van der Waals surface area contributed by atoms with Crippen molar-refractivity contribution < 1.29 is 41.4 Å². The molecule has 1 aromatic heterocycles. The van der Waals surface area contributed by atoms with Gasteiger partial charge in [0.25, 0.3) is 5.91 Å². The number of hydrogen-bond acceptors (Lipinski definition) is 7. The van der Waals surface area contributed by atoms with Crippen LogP contribution in [0.2, 0.25) is 0 Å². The first kappa shape index (κ1) is 26.5. The highest BCUT2D eigenvalue weighted by atomic mass is 19.4. The van der Waals surface area contributed by atoms with Crippen LogP contribution in [0.3, 0.4) is 0 Å². The zero-order valence-corrected chi connectivity index (χ0v) is 19.7. The van der Waals surface area contributed by atoms with Crippen LogP contribution in [0.15, 0.2) is 36.4 Å². The number of rotatable bonds is 7. The second-order valence-corrected chi connectivity index (χ2v) is 8.66. The molecule has 0 bridgehead atoms. The van der Waals surface area contributed by atoms with Crippen LogP contribution in [0.25, 0.3) is 0 Å². The number of nitrogens with zero attached hydrogens (tertiary/aromatic N) is 3. The number of halogens is 4. The molecule has 1 aromatic carbocycles. The van der Waals surface area contributed by atoms with E-state index in [-0.39, 0.29) is 43.3 Å². The lowest BCUT2D eigenvalue weighted by Crippen LogP contribution is -2.49. The largest absolute Gasteiger partial charge is 0.573 e. The van der Waals surface area contributed by atoms with Gasteiger partial charge in [0.1, 0.15) is 23.2 Å². The average molecular weight is 526 g/mol. The Morgan fingerprint density at radius 3 is 2.41 bits per heavy atom. The lowest BCUT2D eigenvalue weighted by molar-refractivity contribution is -0.274. The predicted octanol–water partition coefficient (Wildman–Crippen LogP) is 2.48. The molecule has 0 saturated carbocycles. The number of anilines is 1. The van der Waals surface area contributed by atoms with E-state index in [0.717, 1.165) is 12.1 Å². The van der Waals surface area contributed by atoms with E-state index in [1.807, 2.05) is 4.90 Å². The van der Waals surface area contributed by atoms with E-state index in [2.05, 4.69) is 9.72 Å². The summed E-state index contributed by atoms with van der Waals surface area (Å²) in [5.41, 5.74) is 5.94. The number of aromatic nitrogens is 1.